The van der Waals surface area contributed by atoms with Crippen molar-refractivity contribution in [1.29, 1.82) is 0 Å². The molecule has 0 aliphatic rings. The first-order chi connectivity index (χ1) is 8.69. The highest BCUT2D eigenvalue weighted by atomic mass is 127. The van der Waals surface area contributed by atoms with E-state index in [4.69, 9.17) is 9.15 Å². The van der Waals surface area contributed by atoms with E-state index in [-0.39, 0.29) is 11.7 Å². The maximum Gasteiger partial charge on any atom is 0.291 e. The molecule has 0 aliphatic carbocycles. The first-order valence-corrected chi connectivity index (χ1v) is 6.41. The number of anilines is 1. The molecule has 5 heteroatoms. The van der Waals surface area contributed by atoms with Crippen LogP contribution in [0.5, 0.6) is 0 Å². The zero-order valence-corrected chi connectivity index (χ0v) is 11.9. The molecule has 0 saturated carbocycles. The molecule has 1 heterocycles. The third-order valence-electron chi connectivity index (χ3n) is 2.25. The lowest BCUT2D eigenvalue weighted by Gasteiger charge is -2.03. The molecule has 0 fully saturated rings. The largest absolute Gasteiger partial charge is 0.453 e. The molecule has 0 spiro atoms. The molecule has 1 aromatic carbocycles. The predicted octanol–water partition coefficient (Wildman–Crippen LogP) is 3.28. The number of amides is 1. The SMILES string of the molecule is COCc1ccc(C(=O)Nc2cccc(I)c2)o1. The van der Waals surface area contributed by atoms with Crippen molar-refractivity contribution < 1.29 is 13.9 Å². The second-order valence-electron chi connectivity index (χ2n) is 3.66. The molecule has 2 aromatic rings. The highest BCUT2D eigenvalue weighted by Gasteiger charge is 2.11. The highest BCUT2D eigenvalue weighted by Crippen LogP contribution is 2.15. The zero-order valence-electron chi connectivity index (χ0n) is 9.77. The molecule has 0 saturated heterocycles. The van der Waals surface area contributed by atoms with Gasteiger partial charge < -0.3 is 14.5 Å². The molecule has 94 valence electrons. The van der Waals surface area contributed by atoms with E-state index in [0.717, 1.165) is 9.26 Å². The molecule has 0 atom stereocenters. The van der Waals surface area contributed by atoms with Gasteiger partial charge in [0, 0.05) is 16.4 Å². The van der Waals surface area contributed by atoms with Crippen LogP contribution in [0.4, 0.5) is 5.69 Å². The van der Waals surface area contributed by atoms with E-state index in [1.165, 1.54) is 0 Å². The van der Waals surface area contributed by atoms with Crippen LogP contribution in [-0.4, -0.2) is 13.0 Å². The van der Waals surface area contributed by atoms with Gasteiger partial charge in [0.1, 0.15) is 12.4 Å². The summed E-state index contributed by atoms with van der Waals surface area (Å²) in [5.74, 6) is 0.644. The second kappa shape index (κ2) is 6.01. The minimum atomic E-state index is -0.264. The lowest BCUT2D eigenvalue weighted by molar-refractivity contribution is 0.0987. The van der Waals surface area contributed by atoms with Crippen molar-refractivity contribution in [3.63, 3.8) is 0 Å². The average Bonchev–Trinajstić information content (AvgIpc) is 2.78. The molecule has 0 aliphatic heterocycles. The quantitative estimate of drug-likeness (QED) is 0.855. The molecule has 0 unspecified atom stereocenters. The Balaban J connectivity index is 2.07. The third-order valence-corrected chi connectivity index (χ3v) is 2.93. The minimum Gasteiger partial charge on any atom is -0.453 e. The summed E-state index contributed by atoms with van der Waals surface area (Å²) in [5, 5.41) is 2.78. The van der Waals surface area contributed by atoms with E-state index < -0.39 is 0 Å². The Hall–Kier alpha value is -1.34. The topological polar surface area (TPSA) is 51.5 Å². The number of hydrogen-bond acceptors (Lipinski definition) is 3. The first kappa shape index (κ1) is 13.1. The lowest BCUT2D eigenvalue weighted by Crippen LogP contribution is -2.10. The molecule has 1 N–H and O–H groups in total. The van der Waals surface area contributed by atoms with Crippen LogP contribution in [0.1, 0.15) is 16.3 Å². The Kier molecular flexibility index (Phi) is 4.38. The van der Waals surface area contributed by atoms with E-state index in [9.17, 15) is 4.79 Å². The summed E-state index contributed by atoms with van der Waals surface area (Å²) in [6, 6.07) is 10.9. The Bertz CT molecular complexity index is 551. The molecule has 0 radical (unpaired) electrons. The lowest BCUT2D eigenvalue weighted by atomic mass is 10.3. The number of halogens is 1. The summed E-state index contributed by atoms with van der Waals surface area (Å²) in [4.78, 5) is 11.9. The Morgan fingerprint density at radius 3 is 2.94 bits per heavy atom. The van der Waals surface area contributed by atoms with Gasteiger partial charge in [-0.15, -0.1) is 0 Å². The van der Waals surface area contributed by atoms with E-state index in [1.807, 2.05) is 24.3 Å². The Morgan fingerprint density at radius 1 is 1.39 bits per heavy atom. The third kappa shape index (κ3) is 3.33. The van der Waals surface area contributed by atoms with Crippen molar-refractivity contribution in [1.82, 2.24) is 0 Å². The van der Waals surface area contributed by atoms with Gasteiger partial charge >= 0.3 is 0 Å². The highest BCUT2D eigenvalue weighted by molar-refractivity contribution is 14.1. The van der Waals surface area contributed by atoms with Crippen LogP contribution in [0, 0.1) is 3.57 Å². The Labute approximate surface area is 118 Å². The van der Waals surface area contributed by atoms with Crippen molar-refractivity contribution >= 4 is 34.2 Å². The van der Waals surface area contributed by atoms with E-state index in [1.54, 1.807) is 19.2 Å². The number of benzene rings is 1. The molecule has 1 amide bonds. The van der Waals surface area contributed by atoms with E-state index >= 15 is 0 Å². The predicted molar refractivity (Wildman–Crippen MR) is 76.5 cm³/mol. The normalized spacial score (nSPS) is 10.3. The van der Waals surface area contributed by atoms with Crippen LogP contribution in [0.2, 0.25) is 0 Å². The fraction of sp³-hybridized carbons (Fsp3) is 0.154. The fourth-order valence-corrected chi connectivity index (χ4v) is 2.02. The number of furan rings is 1. The van der Waals surface area contributed by atoms with Gasteiger partial charge in [0.25, 0.3) is 5.91 Å². The number of hydrogen-bond donors (Lipinski definition) is 1. The summed E-state index contributed by atoms with van der Waals surface area (Å²) in [6.07, 6.45) is 0. The van der Waals surface area contributed by atoms with E-state index in [0.29, 0.717) is 12.4 Å². The first-order valence-electron chi connectivity index (χ1n) is 5.33. The summed E-state index contributed by atoms with van der Waals surface area (Å²) in [5.41, 5.74) is 0.747. The molecular weight excluding hydrogens is 345 g/mol. The van der Waals surface area contributed by atoms with Gasteiger partial charge in [0.2, 0.25) is 0 Å². The van der Waals surface area contributed by atoms with Crippen LogP contribution in [0.15, 0.2) is 40.8 Å². The van der Waals surface area contributed by atoms with Gasteiger partial charge in [-0.3, -0.25) is 4.79 Å². The number of ether oxygens (including phenoxy) is 1. The second-order valence-corrected chi connectivity index (χ2v) is 4.91. The van der Waals surface area contributed by atoms with Crippen molar-refractivity contribution in [2.75, 3.05) is 12.4 Å². The number of methoxy groups -OCH3 is 1. The molecular formula is C13H12INO3. The van der Waals surface area contributed by atoms with E-state index in [2.05, 4.69) is 27.9 Å². The van der Waals surface area contributed by atoms with Crippen LogP contribution < -0.4 is 5.32 Å². The van der Waals surface area contributed by atoms with Crippen molar-refractivity contribution in [3.05, 3.63) is 51.5 Å². The maximum absolute atomic E-state index is 11.9. The van der Waals surface area contributed by atoms with Crippen LogP contribution in [0.25, 0.3) is 0 Å². The van der Waals surface area contributed by atoms with Crippen LogP contribution in [0.3, 0.4) is 0 Å². The van der Waals surface area contributed by atoms with Crippen LogP contribution in [-0.2, 0) is 11.3 Å². The van der Waals surface area contributed by atoms with Gasteiger partial charge in [-0.1, -0.05) is 6.07 Å². The van der Waals surface area contributed by atoms with Gasteiger partial charge in [0.15, 0.2) is 5.76 Å². The average molecular weight is 357 g/mol. The van der Waals surface area contributed by atoms with Gasteiger partial charge in [-0.25, -0.2) is 0 Å². The number of nitrogens with one attached hydrogen (secondary N) is 1. The Morgan fingerprint density at radius 2 is 2.22 bits per heavy atom. The number of carbonyl (C=O) groups excluding carboxylic acids is 1. The smallest absolute Gasteiger partial charge is 0.291 e. The molecule has 18 heavy (non-hydrogen) atoms. The minimum absolute atomic E-state index is 0.264. The monoisotopic (exact) mass is 357 g/mol. The molecule has 1 aromatic heterocycles. The van der Waals surface area contributed by atoms with Crippen molar-refractivity contribution in [2.24, 2.45) is 0 Å². The van der Waals surface area contributed by atoms with Gasteiger partial charge in [-0.05, 0) is 52.9 Å². The van der Waals surface area contributed by atoms with Crippen LogP contribution >= 0.6 is 22.6 Å². The number of carbonyl (C=O) groups is 1. The summed E-state index contributed by atoms with van der Waals surface area (Å²) in [7, 11) is 1.58. The fourth-order valence-electron chi connectivity index (χ4n) is 1.48. The summed E-state index contributed by atoms with van der Waals surface area (Å²) >= 11 is 2.19. The molecule has 4 nitrogen and oxygen atoms in total. The summed E-state index contributed by atoms with van der Waals surface area (Å²) in [6.45, 7) is 0.358. The molecule has 0 bridgehead atoms. The maximum atomic E-state index is 11.9. The standard InChI is InChI=1S/C13H12INO3/c1-17-8-11-5-6-12(18-11)13(16)15-10-4-2-3-9(14)7-10/h2-7H,8H2,1H3,(H,15,16). The van der Waals surface area contributed by atoms with Gasteiger partial charge in [-0.2, -0.15) is 0 Å². The van der Waals surface area contributed by atoms with Crippen molar-refractivity contribution in [2.45, 2.75) is 6.61 Å². The van der Waals surface area contributed by atoms with Gasteiger partial charge in [0.05, 0.1) is 0 Å². The molecule has 2 rings (SSSR count). The summed E-state index contributed by atoms with van der Waals surface area (Å²) < 4.78 is 11.3. The zero-order chi connectivity index (χ0) is 13.0. The number of rotatable bonds is 4. The van der Waals surface area contributed by atoms with Crippen molar-refractivity contribution in [3.8, 4) is 0 Å².